The Morgan fingerprint density at radius 2 is 2.25 bits per heavy atom. The molecule has 1 N–H and O–H groups in total. The van der Waals surface area contributed by atoms with Crippen molar-refractivity contribution in [2.75, 3.05) is 25.1 Å². The predicted molar refractivity (Wildman–Crippen MR) is 85.7 cm³/mol. The molecule has 1 aromatic carbocycles. The van der Waals surface area contributed by atoms with Crippen LogP contribution in [0.4, 0.5) is 5.69 Å². The molecule has 3 nitrogen and oxygen atoms in total. The zero-order valence-electron chi connectivity index (χ0n) is 12.7. The molecule has 1 aliphatic heterocycles. The van der Waals surface area contributed by atoms with Crippen molar-refractivity contribution < 1.29 is 4.74 Å². The van der Waals surface area contributed by atoms with Gasteiger partial charge in [-0.1, -0.05) is 31.5 Å². The van der Waals surface area contributed by atoms with Gasteiger partial charge in [-0.3, -0.25) is 0 Å². The lowest BCUT2D eigenvalue weighted by Gasteiger charge is -2.24. The van der Waals surface area contributed by atoms with Gasteiger partial charge in [0.2, 0.25) is 0 Å². The van der Waals surface area contributed by atoms with Crippen LogP contribution in [0.5, 0.6) is 0 Å². The lowest BCUT2D eigenvalue weighted by atomic mass is 10.1. The first-order chi connectivity index (χ1) is 9.56. The number of hydrogen-bond donors (Lipinski definition) is 1. The average Bonchev–Trinajstić information content (AvgIpc) is 2.89. The van der Waals surface area contributed by atoms with Crippen LogP contribution in [0.3, 0.4) is 0 Å². The van der Waals surface area contributed by atoms with Crippen molar-refractivity contribution in [2.24, 2.45) is 0 Å². The SMILES string of the molecule is CC(C)NCc1ccc(N(C)CC2CCCO2)c(Cl)c1. The Bertz CT molecular complexity index is 430. The van der Waals surface area contributed by atoms with Crippen molar-refractivity contribution in [1.82, 2.24) is 5.32 Å². The van der Waals surface area contributed by atoms with Gasteiger partial charge in [-0.05, 0) is 30.5 Å². The lowest BCUT2D eigenvalue weighted by Crippen LogP contribution is -2.28. The normalized spacial score (nSPS) is 18.8. The average molecular weight is 297 g/mol. The minimum atomic E-state index is 0.346. The number of likely N-dealkylation sites (N-methyl/N-ethyl adjacent to an activating group) is 1. The molecule has 0 radical (unpaired) electrons. The van der Waals surface area contributed by atoms with Gasteiger partial charge in [0.05, 0.1) is 16.8 Å². The highest BCUT2D eigenvalue weighted by Crippen LogP contribution is 2.27. The van der Waals surface area contributed by atoms with E-state index in [1.165, 1.54) is 12.0 Å². The number of nitrogens with zero attached hydrogens (tertiary/aromatic N) is 1. The lowest BCUT2D eigenvalue weighted by molar-refractivity contribution is 0.116. The Morgan fingerprint density at radius 3 is 2.85 bits per heavy atom. The van der Waals surface area contributed by atoms with Crippen molar-refractivity contribution in [3.63, 3.8) is 0 Å². The molecule has 2 rings (SSSR count). The highest BCUT2D eigenvalue weighted by Gasteiger charge is 2.18. The molecule has 0 saturated carbocycles. The molecular weight excluding hydrogens is 272 g/mol. The van der Waals surface area contributed by atoms with Crippen LogP contribution in [0.2, 0.25) is 5.02 Å². The molecule has 1 saturated heterocycles. The highest BCUT2D eigenvalue weighted by molar-refractivity contribution is 6.33. The van der Waals surface area contributed by atoms with E-state index in [4.69, 9.17) is 16.3 Å². The Hall–Kier alpha value is -0.770. The van der Waals surface area contributed by atoms with E-state index in [-0.39, 0.29) is 0 Å². The summed E-state index contributed by atoms with van der Waals surface area (Å²) in [5.74, 6) is 0. The summed E-state index contributed by atoms with van der Waals surface area (Å²) in [6, 6.07) is 6.78. The molecule has 0 aromatic heterocycles. The van der Waals surface area contributed by atoms with Crippen LogP contribution < -0.4 is 10.2 Å². The summed E-state index contributed by atoms with van der Waals surface area (Å²) in [6.07, 6.45) is 2.67. The van der Waals surface area contributed by atoms with Gasteiger partial charge in [-0.25, -0.2) is 0 Å². The topological polar surface area (TPSA) is 24.5 Å². The quantitative estimate of drug-likeness (QED) is 0.870. The maximum absolute atomic E-state index is 6.41. The van der Waals surface area contributed by atoms with Gasteiger partial charge in [-0.15, -0.1) is 0 Å². The predicted octanol–water partition coefficient (Wildman–Crippen LogP) is 3.45. The molecule has 4 heteroatoms. The molecule has 1 atom stereocenters. The molecule has 0 bridgehead atoms. The Kier molecular flexibility index (Phi) is 5.70. The van der Waals surface area contributed by atoms with Gasteiger partial charge in [-0.2, -0.15) is 0 Å². The van der Waals surface area contributed by atoms with Crippen LogP contribution >= 0.6 is 11.6 Å². The fourth-order valence-electron chi connectivity index (χ4n) is 2.48. The molecule has 1 fully saturated rings. The number of rotatable bonds is 6. The van der Waals surface area contributed by atoms with Gasteiger partial charge in [0.1, 0.15) is 0 Å². The molecule has 1 heterocycles. The van der Waals surface area contributed by atoms with E-state index in [2.05, 4.69) is 49.3 Å². The molecular formula is C16H25ClN2O. The van der Waals surface area contributed by atoms with Crippen LogP contribution in [-0.2, 0) is 11.3 Å². The van der Waals surface area contributed by atoms with Gasteiger partial charge in [0.25, 0.3) is 0 Å². The first-order valence-corrected chi connectivity index (χ1v) is 7.78. The van der Waals surface area contributed by atoms with E-state index in [0.717, 1.165) is 36.8 Å². The zero-order chi connectivity index (χ0) is 14.5. The third-order valence-electron chi connectivity index (χ3n) is 3.64. The van der Waals surface area contributed by atoms with Gasteiger partial charge < -0.3 is 15.0 Å². The molecule has 0 amide bonds. The van der Waals surface area contributed by atoms with Crippen molar-refractivity contribution in [3.05, 3.63) is 28.8 Å². The second-order valence-corrected chi connectivity index (χ2v) is 6.24. The second-order valence-electron chi connectivity index (χ2n) is 5.84. The minimum Gasteiger partial charge on any atom is -0.376 e. The van der Waals surface area contributed by atoms with E-state index >= 15 is 0 Å². The summed E-state index contributed by atoms with van der Waals surface area (Å²) in [5.41, 5.74) is 2.30. The van der Waals surface area contributed by atoms with Crippen molar-refractivity contribution in [3.8, 4) is 0 Å². The zero-order valence-corrected chi connectivity index (χ0v) is 13.4. The minimum absolute atomic E-state index is 0.346. The summed E-state index contributed by atoms with van der Waals surface area (Å²) in [6.45, 7) is 6.94. The van der Waals surface area contributed by atoms with Crippen LogP contribution in [0, 0.1) is 0 Å². The molecule has 1 aromatic rings. The van der Waals surface area contributed by atoms with Crippen molar-refractivity contribution in [1.29, 1.82) is 0 Å². The van der Waals surface area contributed by atoms with E-state index in [0.29, 0.717) is 12.1 Å². The van der Waals surface area contributed by atoms with Gasteiger partial charge in [0, 0.05) is 32.8 Å². The standard InChI is InChI=1S/C16H25ClN2O/c1-12(2)18-10-13-6-7-16(15(17)9-13)19(3)11-14-5-4-8-20-14/h6-7,9,12,14,18H,4-5,8,10-11H2,1-3H3. The number of hydrogen-bond acceptors (Lipinski definition) is 3. The van der Waals surface area contributed by atoms with E-state index < -0.39 is 0 Å². The first-order valence-electron chi connectivity index (χ1n) is 7.41. The number of ether oxygens (including phenoxy) is 1. The molecule has 0 spiro atoms. The van der Waals surface area contributed by atoms with Crippen LogP contribution in [0.15, 0.2) is 18.2 Å². The monoisotopic (exact) mass is 296 g/mol. The molecule has 20 heavy (non-hydrogen) atoms. The summed E-state index contributed by atoms with van der Waals surface area (Å²) in [4.78, 5) is 2.19. The van der Waals surface area contributed by atoms with Crippen LogP contribution in [0.1, 0.15) is 32.3 Å². The fourth-order valence-corrected chi connectivity index (χ4v) is 2.83. The summed E-state index contributed by atoms with van der Waals surface area (Å²) >= 11 is 6.41. The summed E-state index contributed by atoms with van der Waals surface area (Å²) < 4.78 is 5.68. The summed E-state index contributed by atoms with van der Waals surface area (Å²) in [5, 5.41) is 4.22. The second kappa shape index (κ2) is 7.30. The van der Waals surface area contributed by atoms with Gasteiger partial charge >= 0.3 is 0 Å². The number of benzene rings is 1. The smallest absolute Gasteiger partial charge is 0.0750 e. The third kappa shape index (κ3) is 4.37. The Balaban J connectivity index is 1.97. The first kappa shape index (κ1) is 15.6. The molecule has 0 aliphatic carbocycles. The molecule has 1 unspecified atom stereocenters. The van der Waals surface area contributed by atoms with Crippen molar-refractivity contribution in [2.45, 2.75) is 45.4 Å². The number of halogens is 1. The largest absolute Gasteiger partial charge is 0.376 e. The number of anilines is 1. The fraction of sp³-hybridized carbons (Fsp3) is 0.625. The van der Waals surface area contributed by atoms with Crippen molar-refractivity contribution >= 4 is 17.3 Å². The van der Waals surface area contributed by atoms with Crippen LogP contribution in [-0.4, -0.2) is 32.3 Å². The van der Waals surface area contributed by atoms with Crippen LogP contribution in [0.25, 0.3) is 0 Å². The van der Waals surface area contributed by atoms with E-state index in [1.54, 1.807) is 0 Å². The maximum atomic E-state index is 6.41. The maximum Gasteiger partial charge on any atom is 0.0750 e. The van der Waals surface area contributed by atoms with Gasteiger partial charge in [0.15, 0.2) is 0 Å². The third-order valence-corrected chi connectivity index (χ3v) is 3.94. The molecule has 112 valence electrons. The Labute approximate surface area is 127 Å². The van der Waals surface area contributed by atoms with E-state index in [9.17, 15) is 0 Å². The van der Waals surface area contributed by atoms with E-state index in [1.807, 2.05) is 0 Å². The molecule has 1 aliphatic rings. The highest BCUT2D eigenvalue weighted by atomic mass is 35.5. The summed E-state index contributed by atoms with van der Waals surface area (Å²) in [7, 11) is 2.08. The number of nitrogens with one attached hydrogen (secondary N) is 1. The Morgan fingerprint density at radius 1 is 1.45 bits per heavy atom.